The molecule has 0 saturated carbocycles. The maximum absolute atomic E-state index is 12.2. The van der Waals surface area contributed by atoms with E-state index in [9.17, 15) is 9.90 Å². The van der Waals surface area contributed by atoms with Gasteiger partial charge < -0.3 is 14.3 Å². The van der Waals surface area contributed by atoms with Crippen LogP contribution < -0.4 is 10.4 Å². The lowest BCUT2D eigenvalue weighted by Gasteiger charge is -2.31. The predicted octanol–water partition coefficient (Wildman–Crippen LogP) is 2.12. The van der Waals surface area contributed by atoms with Crippen molar-refractivity contribution < 1.29 is 14.3 Å². The van der Waals surface area contributed by atoms with E-state index in [1.165, 1.54) is 0 Å². The van der Waals surface area contributed by atoms with E-state index in [0.717, 1.165) is 59.2 Å². The first-order valence-corrected chi connectivity index (χ1v) is 8.19. The molecule has 1 aliphatic carbocycles. The Morgan fingerprint density at radius 3 is 2.91 bits per heavy atom. The molecule has 0 amide bonds. The molecule has 1 aromatic carbocycles. The minimum atomic E-state index is -0.385. The number of aliphatic hydroxyl groups is 1. The number of aryl methyl sites for hydroxylation is 2. The number of aliphatic hydroxyl groups excluding tert-OH is 1. The Morgan fingerprint density at radius 2 is 2.13 bits per heavy atom. The van der Waals surface area contributed by atoms with E-state index in [2.05, 4.69) is 11.0 Å². The van der Waals surface area contributed by atoms with Crippen molar-refractivity contribution in [2.75, 3.05) is 13.3 Å². The largest absolute Gasteiger partial charge is 0.477 e. The van der Waals surface area contributed by atoms with Crippen molar-refractivity contribution in [2.45, 2.75) is 45.8 Å². The molecule has 122 valence electrons. The van der Waals surface area contributed by atoms with E-state index in [1.807, 2.05) is 6.92 Å². The Labute approximate surface area is 134 Å². The lowest BCUT2D eigenvalue weighted by Crippen LogP contribution is -2.37. The second-order valence-corrected chi connectivity index (χ2v) is 6.70. The molecule has 1 aromatic heterocycles. The van der Waals surface area contributed by atoms with Crippen molar-refractivity contribution in [1.29, 1.82) is 0 Å². The monoisotopic (exact) mass is 315 g/mol. The highest BCUT2D eigenvalue weighted by atomic mass is 16.5. The van der Waals surface area contributed by atoms with Gasteiger partial charge in [-0.15, -0.1) is 0 Å². The van der Waals surface area contributed by atoms with Crippen LogP contribution in [0.15, 0.2) is 15.3 Å². The molecule has 0 bridgehead atoms. The Bertz CT molecular complexity index is 837. The Hall–Kier alpha value is -1.85. The number of nitrogens with zero attached hydrogens (tertiary/aromatic N) is 1. The van der Waals surface area contributed by atoms with Gasteiger partial charge in [-0.3, -0.25) is 4.90 Å². The van der Waals surface area contributed by atoms with E-state index in [1.54, 1.807) is 6.92 Å². The van der Waals surface area contributed by atoms with E-state index in [-0.39, 0.29) is 11.7 Å². The first kappa shape index (κ1) is 14.7. The molecule has 4 rings (SSSR count). The summed E-state index contributed by atoms with van der Waals surface area (Å²) >= 11 is 0. The number of rotatable bonds is 2. The lowest BCUT2D eigenvalue weighted by molar-refractivity contribution is 0.0498. The summed E-state index contributed by atoms with van der Waals surface area (Å²) in [6, 6.07) is 2.11. The van der Waals surface area contributed by atoms with Crippen LogP contribution in [0.5, 0.6) is 5.75 Å². The van der Waals surface area contributed by atoms with Crippen LogP contribution in [0.4, 0.5) is 0 Å². The molecule has 0 saturated heterocycles. The van der Waals surface area contributed by atoms with Gasteiger partial charge in [-0.05, 0) is 44.7 Å². The van der Waals surface area contributed by atoms with Crippen molar-refractivity contribution in [3.05, 3.63) is 38.7 Å². The molecule has 5 nitrogen and oxygen atoms in total. The molecular formula is C18H21NO4. The quantitative estimate of drug-likeness (QED) is 0.860. The molecule has 1 atom stereocenters. The van der Waals surface area contributed by atoms with Crippen molar-refractivity contribution in [1.82, 2.24) is 4.90 Å². The smallest absolute Gasteiger partial charge is 0.339 e. The summed E-state index contributed by atoms with van der Waals surface area (Å²) in [5.41, 5.74) is 4.47. The number of hydrogen-bond acceptors (Lipinski definition) is 5. The molecule has 0 unspecified atom stereocenters. The van der Waals surface area contributed by atoms with E-state index in [4.69, 9.17) is 9.15 Å². The van der Waals surface area contributed by atoms with Gasteiger partial charge in [0.1, 0.15) is 18.1 Å². The summed E-state index contributed by atoms with van der Waals surface area (Å²) in [7, 11) is 0. The molecule has 2 aromatic rings. The number of hydrogen-bond donors (Lipinski definition) is 1. The highest BCUT2D eigenvalue weighted by molar-refractivity contribution is 5.87. The number of ether oxygens (including phenoxy) is 1. The van der Waals surface area contributed by atoms with Crippen molar-refractivity contribution >= 4 is 11.0 Å². The third kappa shape index (κ3) is 2.35. The molecular weight excluding hydrogens is 294 g/mol. The SMILES string of the molecule is Cc1c2c(cc3c4c(c(=O)oc13)CCC4)CN(C[C@H](C)O)CO2. The first-order chi connectivity index (χ1) is 11.0. The minimum absolute atomic E-state index is 0.195. The van der Waals surface area contributed by atoms with Crippen molar-refractivity contribution in [3.8, 4) is 5.75 Å². The number of β-amino-alcohol motifs (C(OH)–C–C–N with tert-alkyl or cyclic N) is 1. The molecule has 0 radical (unpaired) electrons. The summed E-state index contributed by atoms with van der Waals surface area (Å²) < 4.78 is 11.5. The molecule has 2 aliphatic rings. The fraction of sp³-hybridized carbons (Fsp3) is 0.500. The highest BCUT2D eigenvalue weighted by Gasteiger charge is 2.26. The third-order valence-electron chi connectivity index (χ3n) is 4.83. The third-order valence-corrected chi connectivity index (χ3v) is 4.83. The number of fused-ring (bicyclic) bond motifs is 4. The summed E-state index contributed by atoms with van der Waals surface area (Å²) in [4.78, 5) is 14.3. The van der Waals surface area contributed by atoms with Crippen LogP contribution in [-0.2, 0) is 19.4 Å². The number of benzene rings is 1. The predicted molar refractivity (Wildman–Crippen MR) is 86.8 cm³/mol. The minimum Gasteiger partial charge on any atom is -0.477 e. The van der Waals surface area contributed by atoms with Crippen LogP contribution in [0, 0.1) is 6.92 Å². The summed E-state index contributed by atoms with van der Waals surface area (Å²) in [6.07, 6.45) is 2.38. The molecule has 1 N–H and O–H groups in total. The zero-order chi connectivity index (χ0) is 16.1. The van der Waals surface area contributed by atoms with Crippen LogP contribution in [0.1, 0.15) is 35.6 Å². The van der Waals surface area contributed by atoms with Crippen LogP contribution in [0.25, 0.3) is 11.0 Å². The Kier molecular flexibility index (Phi) is 3.43. The summed E-state index contributed by atoms with van der Waals surface area (Å²) in [5.74, 6) is 0.820. The normalized spacial score (nSPS) is 18.6. The second-order valence-electron chi connectivity index (χ2n) is 6.70. The molecule has 1 aliphatic heterocycles. The molecule has 23 heavy (non-hydrogen) atoms. The van der Waals surface area contributed by atoms with Crippen molar-refractivity contribution in [2.24, 2.45) is 0 Å². The summed E-state index contributed by atoms with van der Waals surface area (Å²) in [5, 5.41) is 10.6. The highest BCUT2D eigenvalue weighted by Crippen LogP contribution is 2.37. The second kappa shape index (κ2) is 5.35. The molecule has 0 spiro atoms. The van der Waals surface area contributed by atoms with E-state index >= 15 is 0 Å². The van der Waals surface area contributed by atoms with Gasteiger partial charge in [0.15, 0.2) is 0 Å². The van der Waals surface area contributed by atoms with Gasteiger partial charge in [0.05, 0.1) is 6.10 Å². The summed E-state index contributed by atoms with van der Waals surface area (Å²) in [6.45, 7) is 5.50. The van der Waals surface area contributed by atoms with Crippen LogP contribution in [0.2, 0.25) is 0 Å². The van der Waals surface area contributed by atoms with E-state index in [0.29, 0.717) is 18.9 Å². The van der Waals surface area contributed by atoms with Crippen molar-refractivity contribution in [3.63, 3.8) is 0 Å². The van der Waals surface area contributed by atoms with Crippen LogP contribution in [-0.4, -0.2) is 29.4 Å². The first-order valence-electron chi connectivity index (χ1n) is 8.19. The van der Waals surface area contributed by atoms with Gasteiger partial charge >= 0.3 is 5.63 Å². The fourth-order valence-corrected chi connectivity index (χ4v) is 3.88. The van der Waals surface area contributed by atoms with Crippen LogP contribution in [0.3, 0.4) is 0 Å². The van der Waals surface area contributed by atoms with Gasteiger partial charge in [0.2, 0.25) is 0 Å². The Balaban J connectivity index is 1.87. The molecule has 2 heterocycles. The average molecular weight is 315 g/mol. The zero-order valence-electron chi connectivity index (χ0n) is 13.5. The van der Waals surface area contributed by atoms with Gasteiger partial charge in [-0.2, -0.15) is 0 Å². The standard InChI is InChI=1S/C18H21NO4/c1-10(20)7-19-8-12-6-15-13-4-3-5-14(13)18(21)23-17(15)11(2)16(12)22-9-19/h6,10,20H,3-5,7-9H2,1-2H3/t10-/m0/s1. The maximum Gasteiger partial charge on any atom is 0.339 e. The van der Waals surface area contributed by atoms with Crippen LogP contribution >= 0.6 is 0 Å². The van der Waals surface area contributed by atoms with Gasteiger partial charge in [0, 0.05) is 35.2 Å². The van der Waals surface area contributed by atoms with Gasteiger partial charge in [-0.1, -0.05) is 0 Å². The molecule has 0 fully saturated rings. The average Bonchev–Trinajstić information content (AvgIpc) is 2.98. The fourth-order valence-electron chi connectivity index (χ4n) is 3.88. The van der Waals surface area contributed by atoms with Gasteiger partial charge in [0.25, 0.3) is 0 Å². The van der Waals surface area contributed by atoms with E-state index < -0.39 is 0 Å². The molecule has 5 heteroatoms. The van der Waals surface area contributed by atoms with Gasteiger partial charge in [-0.25, -0.2) is 4.79 Å². The maximum atomic E-state index is 12.2. The Morgan fingerprint density at radius 1 is 1.35 bits per heavy atom. The zero-order valence-corrected chi connectivity index (χ0v) is 13.5. The topological polar surface area (TPSA) is 62.9 Å². The lowest BCUT2D eigenvalue weighted by atomic mass is 9.99.